The molecule has 0 aliphatic heterocycles. The predicted octanol–water partition coefficient (Wildman–Crippen LogP) is 2.55. The smallest absolute Gasteiger partial charge is 0.151 e. The Balaban J connectivity index is 2.19. The predicted molar refractivity (Wildman–Crippen MR) is 64.7 cm³/mol. The van der Waals surface area contributed by atoms with E-state index >= 15 is 0 Å². The van der Waals surface area contributed by atoms with Crippen molar-refractivity contribution in [3.05, 3.63) is 30.3 Å². The Morgan fingerprint density at radius 3 is 2.56 bits per heavy atom. The highest BCUT2D eigenvalue weighted by molar-refractivity contribution is 7.86. The molecule has 0 bridgehead atoms. The van der Waals surface area contributed by atoms with Crippen molar-refractivity contribution in [2.45, 2.75) is 36.3 Å². The third-order valence-corrected chi connectivity index (χ3v) is 4.86. The maximum Gasteiger partial charge on any atom is 0.151 e. The first-order valence-electron chi connectivity index (χ1n) is 5.69. The second kappa shape index (κ2) is 4.91. The first kappa shape index (κ1) is 11.5. The van der Waals surface area contributed by atoms with E-state index in [-0.39, 0.29) is 17.0 Å². The van der Waals surface area contributed by atoms with E-state index in [1.54, 1.807) is 0 Å². The summed E-state index contributed by atoms with van der Waals surface area (Å²) in [5.74, 6) is 0.250. The molecule has 0 saturated heterocycles. The fraction of sp³-hybridized carbons (Fsp3) is 0.462. The fourth-order valence-corrected chi connectivity index (χ4v) is 3.72. The van der Waals surface area contributed by atoms with Gasteiger partial charge in [-0.2, -0.15) is 0 Å². The minimum Gasteiger partial charge on any atom is -0.298 e. The molecule has 0 aromatic heterocycles. The molecule has 86 valence electrons. The molecular weight excluding hydrogens is 220 g/mol. The van der Waals surface area contributed by atoms with E-state index in [4.69, 9.17) is 0 Å². The van der Waals surface area contributed by atoms with E-state index in [1.807, 2.05) is 37.3 Å². The lowest BCUT2D eigenvalue weighted by atomic mass is 9.89. The third kappa shape index (κ3) is 2.24. The van der Waals surface area contributed by atoms with Gasteiger partial charge in [-0.1, -0.05) is 31.5 Å². The topological polar surface area (TPSA) is 34.1 Å². The molecule has 3 unspecified atom stereocenters. The van der Waals surface area contributed by atoms with Crippen LogP contribution in [0.2, 0.25) is 0 Å². The molecule has 0 amide bonds. The van der Waals surface area contributed by atoms with E-state index in [0.29, 0.717) is 0 Å². The molecule has 2 nitrogen and oxygen atoms in total. The summed E-state index contributed by atoms with van der Waals surface area (Å²) >= 11 is 0. The van der Waals surface area contributed by atoms with Gasteiger partial charge >= 0.3 is 0 Å². The Morgan fingerprint density at radius 1 is 1.19 bits per heavy atom. The lowest BCUT2D eigenvalue weighted by molar-refractivity contribution is -0.123. The fourth-order valence-electron chi connectivity index (χ4n) is 2.14. The van der Waals surface area contributed by atoms with Gasteiger partial charge in [-0.3, -0.25) is 9.00 Å². The van der Waals surface area contributed by atoms with Gasteiger partial charge in [0.1, 0.15) is 0 Å². The van der Waals surface area contributed by atoms with Crippen molar-refractivity contribution in [1.29, 1.82) is 0 Å². The largest absolute Gasteiger partial charge is 0.298 e. The molecule has 1 saturated carbocycles. The molecule has 1 aliphatic carbocycles. The summed E-state index contributed by atoms with van der Waals surface area (Å²) in [5, 5.41) is -0.286. The summed E-state index contributed by atoms with van der Waals surface area (Å²) in [6, 6.07) is 9.30. The molecule has 1 aromatic carbocycles. The van der Waals surface area contributed by atoms with E-state index in [2.05, 4.69) is 0 Å². The molecule has 2 rings (SSSR count). The van der Waals surface area contributed by atoms with Crippen molar-refractivity contribution in [3.8, 4) is 0 Å². The van der Waals surface area contributed by atoms with E-state index in [9.17, 15) is 9.00 Å². The van der Waals surface area contributed by atoms with Crippen LogP contribution in [-0.2, 0) is 15.6 Å². The normalized spacial score (nSPS) is 27.7. The minimum absolute atomic E-state index is 0.0754. The van der Waals surface area contributed by atoms with Gasteiger partial charge in [0.2, 0.25) is 0 Å². The molecule has 3 atom stereocenters. The Bertz CT molecular complexity index is 400. The molecular formula is C13H16O2S. The number of hydrogen-bond donors (Lipinski definition) is 0. The molecule has 1 aromatic rings. The van der Waals surface area contributed by atoms with E-state index in [1.165, 1.54) is 0 Å². The highest BCUT2D eigenvalue weighted by atomic mass is 32.2. The Kier molecular flexibility index (Phi) is 3.54. The van der Waals surface area contributed by atoms with Gasteiger partial charge in [0.05, 0.1) is 16.0 Å². The van der Waals surface area contributed by atoms with Crippen molar-refractivity contribution >= 4 is 16.6 Å². The number of ketones is 1. The molecule has 1 aliphatic rings. The summed E-state index contributed by atoms with van der Waals surface area (Å²) < 4.78 is 12.2. The standard InChI is InChI=1S/C13H16O2S/c1-10-6-5-9-12(13(10)14)16(15)11-7-3-2-4-8-11/h2-4,7-8,10,12H,5-6,9H2,1H3. The zero-order valence-electron chi connectivity index (χ0n) is 9.39. The average Bonchev–Trinajstić information content (AvgIpc) is 2.33. The number of Topliss-reactive ketones (excluding diaryl/α,β-unsaturated/α-hetero) is 1. The summed E-state index contributed by atoms with van der Waals surface area (Å²) in [5.41, 5.74) is 0. The molecule has 0 N–H and O–H groups in total. The van der Waals surface area contributed by atoms with Crippen molar-refractivity contribution in [2.24, 2.45) is 5.92 Å². The minimum atomic E-state index is -1.17. The molecule has 0 heterocycles. The van der Waals surface area contributed by atoms with Gasteiger partial charge in [0, 0.05) is 10.8 Å². The van der Waals surface area contributed by atoms with Gasteiger partial charge in [0.15, 0.2) is 5.78 Å². The van der Waals surface area contributed by atoms with Crippen molar-refractivity contribution in [1.82, 2.24) is 0 Å². The Hall–Kier alpha value is -0.960. The molecule has 0 radical (unpaired) electrons. The number of carbonyl (C=O) groups excluding carboxylic acids is 1. The highest BCUT2D eigenvalue weighted by Crippen LogP contribution is 2.26. The average molecular weight is 236 g/mol. The van der Waals surface area contributed by atoms with Crippen molar-refractivity contribution < 1.29 is 9.00 Å². The number of hydrogen-bond acceptors (Lipinski definition) is 2. The number of rotatable bonds is 2. The SMILES string of the molecule is CC1CCCC(S(=O)c2ccccc2)C1=O. The van der Waals surface area contributed by atoms with Crippen LogP contribution in [0.25, 0.3) is 0 Å². The van der Waals surface area contributed by atoms with Crippen LogP contribution < -0.4 is 0 Å². The van der Waals surface area contributed by atoms with Gasteiger partial charge in [0.25, 0.3) is 0 Å². The lowest BCUT2D eigenvalue weighted by Gasteiger charge is -2.24. The van der Waals surface area contributed by atoms with Crippen LogP contribution in [0.3, 0.4) is 0 Å². The first-order valence-corrected chi connectivity index (χ1v) is 6.91. The summed E-state index contributed by atoms with van der Waals surface area (Å²) in [7, 11) is -1.17. The van der Waals surface area contributed by atoms with Crippen LogP contribution in [0.1, 0.15) is 26.2 Å². The van der Waals surface area contributed by atoms with Crippen molar-refractivity contribution in [2.75, 3.05) is 0 Å². The zero-order chi connectivity index (χ0) is 11.5. The van der Waals surface area contributed by atoms with Crippen LogP contribution in [0, 0.1) is 5.92 Å². The van der Waals surface area contributed by atoms with Gasteiger partial charge in [-0.05, 0) is 25.0 Å². The molecule has 1 fully saturated rings. The summed E-state index contributed by atoms with van der Waals surface area (Å²) in [6.45, 7) is 1.94. The number of benzene rings is 1. The Morgan fingerprint density at radius 2 is 1.88 bits per heavy atom. The highest BCUT2D eigenvalue weighted by Gasteiger charge is 2.32. The summed E-state index contributed by atoms with van der Waals surface area (Å²) in [6.07, 6.45) is 2.72. The third-order valence-electron chi connectivity index (χ3n) is 3.14. The quantitative estimate of drug-likeness (QED) is 0.791. The van der Waals surface area contributed by atoms with E-state index < -0.39 is 10.8 Å². The zero-order valence-corrected chi connectivity index (χ0v) is 10.2. The van der Waals surface area contributed by atoms with Crippen LogP contribution >= 0.6 is 0 Å². The van der Waals surface area contributed by atoms with Crippen LogP contribution in [-0.4, -0.2) is 15.2 Å². The van der Waals surface area contributed by atoms with E-state index in [0.717, 1.165) is 24.2 Å². The van der Waals surface area contributed by atoms with Gasteiger partial charge in [-0.15, -0.1) is 0 Å². The van der Waals surface area contributed by atoms with Gasteiger partial charge in [-0.25, -0.2) is 0 Å². The molecule has 0 spiro atoms. The second-order valence-corrected chi connectivity index (χ2v) is 5.97. The van der Waals surface area contributed by atoms with Crippen LogP contribution in [0.4, 0.5) is 0 Å². The maximum atomic E-state index is 12.2. The lowest BCUT2D eigenvalue weighted by Crippen LogP contribution is -2.34. The summed E-state index contributed by atoms with van der Waals surface area (Å²) in [4.78, 5) is 12.7. The maximum absolute atomic E-state index is 12.2. The first-order chi connectivity index (χ1) is 7.70. The van der Waals surface area contributed by atoms with Crippen LogP contribution in [0.5, 0.6) is 0 Å². The second-order valence-electron chi connectivity index (χ2n) is 4.33. The van der Waals surface area contributed by atoms with Gasteiger partial charge < -0.3 is 0 Å². The number of carbonyl (C=O) groups is 1. The molecule has 16 heavy (non-hydrogen) atoms. The van der Waals surface area contributed by atoms with Crippen molar-refractivity contribution in [3.63, 3.8) is 0 Å². The Labute approximate surface area is 98.5 Å². The van der Waals surface area contributed by atoms with Crippen LogP contribution in [0.15, 0.2) is 35.2 Å². The monoisotopic (exact) mass is 236 g/mol. The molecule has 3 heteroatoms.